The zero-order chi connectivity index (χ0) is 10.8. The Hall–Kier alpha value is -0.350. The van der Waals surface area contributed by atoms with Crippen molar-refractivity contribution in [2.45, 2.75) is 39.3 Å². The summed E-state index contributed by atoms with van der Waals surface area (Å²) in [4.78, 5) is 2.47. The molecule has 2 atom stereocenters. The summed E-state index contributed by atoms with van der Waals surface area (Å²) in [6.45, 7) is 6.67. The first kappa shape index (κ1) is 11.1. The summed E-state index contributed by atoms with van der Waals surface area (Å²) in [6.07, 6.45) is 2.58. The van der Waals surface area contributed by atoms with Crippen LogP contribution in [-0.2, 0) is 6.54 Å². The van der Waals surface area contributed by atoms with Crippen LogP contribution >= 0.6 is 15.9 Å². The third kappa shape index (κ3) is 2.82. The van der Waals surface area contributed by atoms with E-state index < -0.39 is 0 Å². The molecule has 2 heterocycles. The van der Waals surface area contributed by atoms with Gasteiger partial charge in [-0.25, -0.2) is 0 Å². The molecule has 0 bridgehead atoms. The highest BCUT2D eigenvalue weighted by Gasteiger charge is 2.23. The Kier molecular flexibility index (Phi) is 3.46. The second kappa shape index (κ2) is 4.66. The van der Waals surface area contributed by atoms with Crippen LogP contribution in [0.4, 0.5) is 0 Å². The average Bonchev–Trinajstić information content (AvgIpc) is 2.56. The van der Waals surface area contributed by atoms with E-state index in [9.17, 15) is 0 Å². The highest BCUT2D eigenvalue weighted by molar-refractivity contribution is 9.10. The summed E-state index contributed by atoms with van der Waals surface area (Å²) >= 11 is 3.30. The average molecular weight is 273 g/mol. The molecular weight excluding hydrogens is 256 g/mol. The molecule has 84 valence electrons. The predicted octanol–water partition coefficient (Wildman–Crippen LogP) is 3.06. The minimum atomic E-state index is 0.651. The van der Waals surface area contributed by atoms with Crippen LogP contribution in [0.5, 0.6) is 0 Å². The van der Waals surface area contributed by atoms with E-state index in [1.807, 2.05) is 6.07 Å². The van der Waals surface area contributed by atoms with Gasteiger partial charge in [-0.05, 0) is 48.2 Å². The van der Waals surface area contributed by atoms with E-state index in [0.29, 0.717) is 6.04 Å². The van der Waals surface area contributed by atoms with Gasteiger partial charge in [0.2, 0.25) is 0 Å². The quantitative estimate of drug-likeness (QED) is 0.829. The molecule has 1 aliphatic rings. The molecule has 1 fully saturated rings. The maximum atomic E-state index is 5.20. The molecule has 4 heteroatoms. The first-order valence-corrected chi connectivity index (χ1v) is 6.29. The minimum absolute atomic E-state index is 0.651. The molecule has 1 saturated heterocycles. The zero-order valence-corrected chi connectivity index (χ0v) is 10.8. The molecule has 0 N–H and O–H groups in total. The van der Waals surface area contributed by atoms with Gasteiger partial charge in [0.15, 0.2) is 5.76 Å². The predicted molar refractivity (Wildman–Crippen MR) is 62.5 cm³/mol. The molecule has 15 heavy (non-hydrogen) atoms. The van der Waals surface area contributed by atoms with Gasteiger partial charge in [-0.15, -0.1) is 0 Å². The SMILES string of the molecule is CC1CCN(Cc2cc(Br)no2)C(C)C1. The molecule has 0 radical (unpaired) electrons. The molecule has 0 aliphatic carbocycles. The van der Waals surface area contributed by atoms with Gasteiger partial charge in [0.1, 0.15) is 4.60 Å². The van der Waals surface area contributed by atoms with Crippen molar-refractivity contribution in [2.24, 2.45) is 5.92 Å². The van der Waals surface area contributed by atoms with Crippen LogP contribution in [0.2, 0.25) is 0 Å². The first-order valence-electron chi connectivity index (χ1n) is 5.50. The van der Waals surface area contributed by atoms with Crippen molar-refractivity contribution in [3.8, 4) is 0 Å². The molecule has 3 nitrogen and oxygen atoms in total. The zero-order valence-electron chi connectivity index (χ0n) is 9.24. The Morgan fingerprint density at radius 1 is 1.60 bits per heavy atom. The molecule has 1 aromatic heterocycles. The summed E-state index contributed by atoms with van der Waals surface area (Å²) in [5.74, 6) is 1.81. The van der Waals surface area contributed by atoms with Crippen molar-refractivity contribution in [3.05, 3.63) is 16.4 Å². The van der Waals surface area contributed by atoms with Crippen LogP contribution in [-0.4, -0.2) is 22.6 Å². The van der Waals surface area contributed by atoms with Crippen molar-refractivity contribution in [1.82, 2.24) is 10.1 Å². The number of hydrogen-bond acceptors (Lipinski definition) is 3. The molecule has 2 unspecified atom stereocenters. The number of nitrogens with zero attached hydrogens (tertiary/aromatic N) is 2. The van der Waals surface area contributed by atoms with Crippen molar-refractivity contribution >= 4 is 15.9 Å². The van der Waals surface area contributed by atoms with Gasteiger partial charge in [-0.3, -0.25) is 4.90 Å². The minimum Gasteiger partial charge on any atom is -0.359 e. The van der Waals surface area contributed by atoms with Crippen LogP contribution in [0.15, 0.2) is 15.2 Å². The Bertz CT molecular complexity index is 326. The number of hydrogen-bond donors (Lipinski definition) is 0. The van der Waals surface area contributed by atoms with Gasteiger partial charge in [-0.2, -0.15) is 0 Å². The number of rotatable bonds is 2. The lowest BCUT2D eigenvalue weighted by Gasteiger charge is -2.35. The third-order valence-corrected chi connectivity index (χ3v) is 3.54. The molecule has 0 spiro atoms. The number of likely N-dealkylation sites (tertiary alicyclic amines) is 1. The van der Waals surface area contributed by atoms with E-state index >= 15 is 0 Å². The van der Waals surface area contributed by atoms with E-state index in [1.54, 1.807) is 0 Å². The largest absolute Gasteiger partial charge is 0.359 e. The molecular formula is C11H17BrN2O. The van der Waals surface area contributed by atoms with E-state index in [0.717, 1.165) is 22.8 Å². The van der Waals surface area contributed by atoms with E-state index in [4.69, 9.17) is 4.52 Å². The van der Waals surface area contributed by atoms with Gasteiger partial charge < -0.3 is 4.52 Å². The smallest absolute Gasteiger partial charge is 0.151 e. The highest BCUT2D eigenvalue weighted by atomic mass is 79.9. The Labute approximate surface area is 98.9 Å². The summed E-state index contributed by atoms with van der Waals surface area (Å²) < 4.78 is 5.99. The van der Waals surface area contributed by atoms with Crippen LogP contribution in [0, 0.1) is 5.92 Å². The number of aromatic nitrogens is 1. The summed E-state index contributed by atoms with van der Waals surface area (Å²) in [7, 11) is 0. The lowest BCUT2D eigenvalue weighted by Crippen LogP contribution is -2.39. The van der Waals surface area contributed by atoms with Crippen molar-refractivity contribution in [3.63, 3.8) is 0 Å². The van der Waals surface area contributed by atoms with Gasteiger partial charge in [-0.1, -0.05) is 12.1 Å². The van der Waals surface area contributed by atoms with Crippen LogP contribution in [0.25, 0.3) is 0 Å². The van der Waals surface area contributed by atoms with Crippen molar-refractivity contribution in [2.75, 3.05) is 6.54 Å². The maximum absolute atomic E-state index is 5.20. The van der Waals surface area contributed by atoms with E-state index in [1.165, 1.54) is 19.4 Å². The fourth-order valence-electron chi connectivity index (χ4n) is 2.25. The molecule has 2 rings (SSSR count). The summed E-state index contributed by atoms with van der Waals surface area (Å²) in [5.41, 5.74) is 0. The standard InChI is InChI=1S/C11H17BrN2O/c1-8-3-4-14(9(2)5-8)7-10-6-11(12)13-15-10/h6,8-9H,3-5,7H2,1-2H3. The topological polar surface area (TPSA) is 29.3 Å². The van der Waals surface area contributed by atoms with Gasteiger partial charge in [0, 0.05) is 12.1 Å². The fraction of sp³-hybridized carbons (Fsp3) is 0.727. The lowest BCUT2D eigenvalue weighted by molar-refractivity contribution is 0.110. The van der Waals surface area contributed by atoms with E-state index in [-0.39, 0.29) is 0 Å². The second-order valence-corrected chi connectivity index (χ2v) is 5.38. The first-order chi connectivity index (χ1) is 7.15. The van der Waals surface area contributed by atoms with Crippen molar-refractivity contribution in [1.29, 1.82) is 0 Å². The fourth-order valence-corrected chi connectivity index (χ4v) is 2.58. The van der Waals surface area contributed by atoms with Crippen molar-refractivity contribution < 1.29 is 4.52 Å². The van der Waals surface area contributed by atoms with Gasteiger partial charge in [0.05, 0.1) is 6.54 Å². The Morgan fingerprint density at radius 3 is 3.00 bits per heavy atom. The monoisotopic (exact) mass is 272 g/mol. The van der Waals surface area contributed by atoms with Crippen LogP contribution in [0.1, 0.15) is 32.4 Å². The molecule has 0 aromatic carbocycles. The second-order valence-electron chi connectivity index (χ2n) is 4.56. The summed E-state index contributed by atoms with van der Waals surface area (Å²) in [5, 5.41) is 3.84. The number of halogens is 1. The molecule has 1 aromatic rings. The molecule has 0 saturated carbocycles. The summed E-state index contributed by atoms with van der Waals surface area (Å²) in [6, 6.07) is 2.60. The van der Waals surface area contributed by atoms with Gasteiger partial charge in [0.25, 0.3) is 0 Å². The van der Waals surface area contributed by atoms with Gasteiger partial charge >= 0.3 is 0 Å². The Balaban J connectivity index is 1.94. The van der Waals surface area contributed by atoms with Crippen LogP contribution < -0.4 is 0 Å². The highest BCUT2D eigenvalue weighted by Crippen LogP contribution is 2.24. The molecule has 0 amide bonds. The molecule has 1 aliphatic heterocycles. The lowest BCUT2D eigenvalue weighted by atomic mass is 9.93. The van der Waals surface area contributed by atoms with Crippen LogP contribution in [0.3, 0.4) is 0 Å². The normalized spacial score (nSPS) is 28.2. The van der Waals surface area contributed by atoms with E-state index in [2.05, 4.69) is 39.8 Å². The number of piperidine rings is 1. The third-order valence-electron chi connectivity index (χ3n) is 3.17. The Morgan fingerprint density at radius 2 is 2.40 bits per heavy atom. The maximum Gasteiger partial charge on any atom is 0.151 e.